The second-order valence-electron chi connectivity index (χ2n) is 4.22. The van der Waals surface area contributed by atoms with E-state index in [1.807, 2.05) is 0 Å². The van der Waals surface area contributed by atoms with Crippen molar-refractivity contribution in [2.24, 2.45) is 0 Å². The first-order chi connectivity index (χ1) is 9.70. The molecule has 0 spiro atoms. The minimum absolute atomic E-state index is 0.321. The zero-order chi connectivity index (χ0) is 16.2. The van der Waals surface area contributed by atoms with Gasteiger partial charge < -0.3 is 9.88 Å². The van der Waals surface area contributed by atoms with E-state index in [4.69, 9.17) is 10.7 Å². The van der Waals surface area contributed by atoms with Gasteiger partial charge in [-0.1, -0.05) is 6.92 Å². The molecule has 1 unspecified atom stereocenters. The van der Waals surface area contributed by atoms with Crippen molar-refractivity contribution in [1.29, 1.82) is 0 Å². The number of rotatable bonds is 5. The number of nitrogens with one attached hydrogen (secondary N) is 2. The molecule has 3 amide bonds. The monoisotopic (exact) mass is 336 g/mol. The fraction of sp³-hybridized carbons (Fsp3) is 0.545. The van der Waals surface area contributed by atoms with Crippen LogP contribution in [0.5, 0.6) is 0 Å². The van der Waals surface area contributed by atoms with E-state index in [1.165, 1.54) is 17.7 Å². The summed E-state index contributed by atoms with van der Waals surface area (Å²) in [5.41, 5.74) is 0. The lowest BCUT2D eigenvalue weighted by Crippen LogP contribution is -2.42. The molecule has 1 aromatic heterocycles. The van der Waals surface area contributed by atoms with Crippen LogP contribution in [0.25, 0.3) is 0 Å². The summed E-state index contributed by atoms with van der Waals surface area (Å²) in [5, 5.41) is 4.27. The molecule has 118 valence electrons. The van der Waals surface area contributed by atoms with Crippen molar-refractivity contribution in [3.8, 4) is 0 Å². The lowest BCUT2D eigenvalue weighted by Gasteiger charge is -2.15. The molecule has 21 heavy (non-hydrogen) atoms. The smallest absolute Gasteiger partial charge is 0.321 e. The number of carbonyl (C=O) groups is 2. The molecule has 0 aromatic carbocycles. The Morgan fingerprint density at radius 1 is 1.43 bits per heavy atom. The number of aryl methyl sites for hydroxylation is 1. The van der Waals surface area contributed by atoms with Gasteiger partial charge in [0.25, 0.3) is 15.0 Å². The Kier molecular flexibility index (Phi) is 5.73. The number of urea groups is 1. The van der Waals surface area contributed by atoms with Crippen LogP contribution in [-0.2, 0) is 20.3 Å². The molecule has 0 bridgehead atoms. The van der Waals surface area contributed by atoms with E-state index in [9.17, 15) is 18.0 Å². The molecule has 0 aliphatic carbocycles. The number of hydrogen-bond acceptors (Lipinski definition) is 5. The third kappa shape index (κ3) is 4.43. The second-order valence-corrected chi connectivity index (χ2v) is 6.73. The van der Waals surface area contributed by atoms with Crippen LogP contribution < -0.4 is 10.6 Å². The summed E-state index contributed by atoms with van der Waals surface area (Å²) in [6.45, 7) is 5.39. The maximum Gasteiger partial charge on any atom is 0.321 e. The average molecular weight is 337 g/mol. The van der Waals surface area contributed by atoms with E-state index >= 15 is 0 Å². The van der Waals surface area contributed by atoms with Gasteiger partial charge in [-0.15, -0.1) is 0 Å². The van der Waals surface area contributed by atoms with Gasteiger partial charge >= 0.3 is 6.03 Å². The summed E-state index contributed by atoms with van der Waals surface area (Å²) in [7, 11) is 1.27. The summed E-state index contributed by atoms with van der Waals surface area (Å²) in [4.78, 5) is 27.2. The normalized spacial score (nSPS) is 12.8. The molecule has 0 saturated carbocycles. The van der Waals surface area contributed by atoms with Crippen LogP contribution in [-0.4, -0.2) is 36.5 Å². The summed E-state index contributed by atoms with van der Waals surface area (Å²) >= 11 is 0. The van der Waals surface area contributed by atoms with Gasteiger partial charge in [0.05, 0.1) is 0 Å². The summed E-state index contributed by atoms with van der Waals surface area (Å²) in [6.07, 6.45) is 1.59. The second kappa shape index (κ2) is 6.90. The Morgan fingerprint density at radius 3 is 2.52 bits per heavy atom. The topological polar surface area (TPSA) is 110 Å². The van der Waals surface area contributed by atoms with Gasteiger partial charge in [-0.05, 0) is 13.8 Å². The standard InChI is InChI=1S/C11H17ClN4O4S/c1-4-8-14-9(21(12,19)20)6-16(8)7(3)10(17)15-11(18)13-5-2/h6-7H,4-5H2,1-3H3,(H2,13,15,17,18). The lowest BCUT2D eigenvalue weighted by molar-refractivity contribution is -0.122. The van der Waals surface area contributed by atoms with Crippen molar-refractivity contribution < 1.29 is 18.0 Å². The van der Waals surface area contributed by atoms with Crippen LogP contribution in [0.2, 0.25) is 0 Å². The Balaban J connectivity index is 3.01. The summed E-state index contributed by atoms with van der Waals surface area (Å²) in [5.74, 6) is -0.195. The van der Waals surface area contributed by atoms with Crippen LogP contribution in [0, 0.1) is 0 Å². The largest absolute Gasteiger partial charge is 0.338 e. The highest BCUT2D eigenvalue weighted by Gasteiger charge is 2.24. The van der Waals surface area contributed by atoms with Gasteiger partial charge in [-0.2, -0.15) is 0 Å². The van der Waals surface area contributed by atoms with Crippen molar-refractivity contribution in [3.63, 3.8) is 0 Å². The number of carbonyl (C=O) groups excluding carboxylic acids is 2. The molecule has 0 saturated heterocycles. The minimum Gasteiger partial charge on any atom is -0.338 e. The Hall–Kier alpha value is -1.61. The molecule has 0 aliphatic heterocycles. The van der Waals surface area contributed by atoms with Crippen molar-refractivity contribution in [3.05, 3.63) is 12.0 Å². The molecule has 0 radical (unpaired) electrons. The molecule has 0 aliphatic rings. The van der Waals surface area contributed by atoms with Crippen molar-refractivity contribution in [2.75, 3.05) is 6.54 Å². The van der Waals surface area contributed by atoms with Gasteiger partial charge in [0, 0.05) is 29.8 Å². The minimum atomic E-state index is -3.98. The van der Waals surface area contributed by atoms with Crippen molar-refractivity contribution in [1.82, 2.24) is 20.2 Å². The summed E-state index contributed by atoms with van der Waals surface area (Å²) < 4.78 is 24.0. The average Bonchev–Trinajstić information content (AvgIpc) is 2.81. The molecular weight excluding hydrogens is 320 g/mol. The molecular formula is C11H17ClN4O4S. The lowest BCUT2D eigenvalue weighted by atomic mass is 10.3. The zero-order valence-electron chi connectivity index (χ0n) is 11.9. The fourth-order valence-electron chi connectivity index (χ4n) is 1.67. The predicted octanol–water partition coefficient (Wildman–Crippen LogP) is 0.780. The predicted molar refractivity (Wildman–Crippen MR) is 76.6 cm³/mol. The summed E-state index contributed by atoms with van der Waals surface area (Å²) in [6, 6.07) is -1.42. The van der Waals surface area contributed by atoms with Gasteiger partial charge in [0.1, 0.15) is 11.9 Å². The van der Waals surface area contributed by atoms with E-state index in [-0.39, 0.29) is 5.03 Å². The van der Waals surface area contributed by atoms with Crippen molar-refractivity contribution in [2.45, 2.75) is 38.3 Å². The molecule has 10 heteroatoms. The first-order valence-corrected chi connectivity index (χ1v) is 8.62. The van der Waals surface area contributed by atoms with Crippen LogP contribution in [0.4, 0.5) is 4.79 Å². The SMILES string of the molecule is CCNC(=O)NC(=O)C(C)n1cc(S(=O)(=O)Cl)nc1CC. The van der Waals surface area contributed by atoms with Crippen LogP contribution >= 0.6 is 10.7 Å². The van der Waals surface area contributed by atoms with E-state index in [0.717, 1.165) is 0 Å². The first kappa shape index (κ1) is 17.4. The third-order valence-electron chi connectivity index (χ3n) is 2.72. The van der Waals surface area contributed by atoms with Gasteiger partial charge in [0.15, 0.2) is 5.03 Å². The van der Waals surface area contributed by atoms with E-state index < -0.39 is 27.0 Å². The molecule has 8 nitrogen and oxygen atoms in total. The van der Waals surface area contributed by atoms with Crippen LogP contribution in [0.3, 0.4) is 0 Å². The Labute approximate surface area is 127 Å². The maximum atomic E-state index is 12.0. The highest BCUT2D eigenvalue weighted by atomic mass is 35.7. The highest BCUT2D eigenvalue weighted by molar-refractivity contribution is 8.13. The number of imide groups is 1. The van der Waals surface area contributed by atoms with E-state index in [0.29, 0.717) is 18.8 Å². The van der Waals surface area contributed by atoms with Gasteiger partial charge in [-0.25, -0.2) is 18.2 Å². The van der Waals surface area contributed by atoms with Gasteiger partial charge in [-0.3, -0.25) is 10.1 Å². The fourth-order valence-corrected chi connectivity index (χ4v) is 2.35. The third-order valence-corrected chi connectivity index (χ3v) is 3.89. The van der Waals surface area contributed by atoms with Gasteiger partial charge in [0.2, 0.25) is 0 Å². The highest BCUT2D eigenvalue weighted by Crippen LogP contribution is 2.19. The Morgan fingerprint density at radius 2 is 2.05 bits per heavy atom. The van der Waals surface area contributed by atoms with E-state index in [1.54, 1.807) is 13.8 Å². The molecule has 1 atom stereocenters. The number of aromatic nitrogens is 2. The molecule has 1 aromatic rings. The van der Waals surface area contributed by atoms with Crippen LogP contribution in [0.15, 0.2) is 11.2 Å². The molecule has 1 heterocycles. The zero-order valence-corrected chi connectivity index (χ0v) is 13.5. The van der Waals surface area contributed by atoms with E-state index in [2.05, 4.69) is 15.6 Å². The number of halogens is 1. The number of hydrogen-bond donors (Lipinski definition) is 2. The molecule has 1 rings (SSSR count). The maximum absolute atomic E-state index is 12.0. The first-order valence-electron chi connectivity index (χ1n) is 6.31. The van der Waals surface area contributed by atoms with Crippen LogP contribution in [0.1, 0.15) is 32.6 Å². The quantitative estimate of drug-likeness (QED) is 0.772. The number of nitrogens with zero attached hydrogens (tertiary/aromatic N) is 2. The Bertz CT molecular complexity index is 641. The molecule has 2 N–H and O–H groups in total. The number of amides is 3. The van der Waals surface area contributed by atoms with Crippen molar-refractivity contribution >= 4 is 31.7 Å². The molecule has 0 fully saturated rings. The number of imidazole rings is 1.